The molecule has 0 saturated carbocycles. The lowest BCUT2D eigenvalue weighted by atomic mass is 10.1. The van der Waals surface area contributed by atoms with Crippen molar-refractivity contribution in [2.45, 2.75) is 31.5 Å². The van der Waals surface area contributed by atoms with E-state index in [0.717, 1.165) is 0 Å². The number of esters is 2. The van der Waals surface area contributed by atoms with Crippen molar-refractivity contribution in [3.8, 4) is 0 Å². The van der Waals surface area contributed by atoms with Gasteiger partial charge in [-0.15, -0.1) is 0 Å². The van der Waals surface area contributed by atoms with E-state index in [2.05, 4.69) is 9.47 Å². The maximum absolute atomic E-state index is 11.5. The Hall–Kier alpha value is -1.43. The number of hydrogen-bond acceptors (Lipinski definition) is 6. The molecule has 0 aromatic heterocycles. The van der Waals surface area contributed by atoms with Gasteiger partial charge in [0.15, 0.2) is 11.9 Å². The fourth-order valence-corrected chi connectivity index (χ4v) is 1.51. The van der Waals surface area contributed by atoms with E-state index in [9.17, 15) is 14.4 Å². The van der Waals surface area contributed by atoms with Crippen molar-refractivity contribution >= 4 is 17.7 Å². The standard InChI is InChI=1S/C10H14O6/c1-14-9(12)5-6(11)7-3-4-8(16-7)10(13)15-2/h7-8H,3-5H2,1-2H3. The molecule has 6 nitrogen and oxygen atoms in total. The van der Waals surface area contributed by atoms with Crippen molar-refractivity contribution in [3.05, 3.63) is 0 Å². The Morgan fingerprint density at radius 1 is 1.12 bits per heavy atom. The maximum Gasteiger partial charge on any atom is 0.335 e. The molecule has 0 bridgehead atoms. The Morgan fingerprint density at radius 2 is 1.75 bits per heavy atom. The first-order valence-electron chi connectivity index (χ1n) is 4.91. The summed E-state index contributed by atoms with van der Waals surface area (Å²) in [5.74, 6) is -1.46. The molecule has 0 aromatic carbocycles. The third kappa shape index (κ3) is 3.03. The van der Waals surface area contributed by atoms with Gasteiger partial charge in [-0.3, -0.25) is 9.59 Å². The quantitative estimate of drug-likeness (QED) is 0.493. The van der Waals surface area contributed by atoms with E-state index in [4.69, 9.17) is 4.74 Å². The molecule has 0 radical (unpaired) electrons. The van der Waals surface area contributed by atoms with Crippen LogP contribution in [0.15, 0.2) is 0 Å². The van der Waals surface area contributed by atoms with Crippen molar-refractivity contribution in [3.63, 3.8) is 0 Å². The Labute approximate surface area is 92.8 Å². The third-order valence-electron chi connectivity index (χ3n) is 2.39. The van der Waals surface area contributed by atoms with E-state index >= 15 is 0 Å². The molecule has 1 saturated heterocycles. The van der Waals surface area contributed by atoms with Crippen LogP contribution in [0.2, 0.25) is 0 Å². The van der Waals surface area contributed by atoms with Crippen LogP contribution in [0.25, 0.3) is 0 Å². The van der Waals surface area contributed by atoms with Gasteiger partial charge in [-0.25, -0.2) is 4.79 Å². The van der Waals surface area contributed by atoms with Crippen LogP contribution in [0.1, 0.15) is 19.3 Å². The second-order valence-corrected chi connectivity index (χ2v) is 3.43. The van der Waals surface area contributed by atoms with Gasteiger partial charge in [-0.2, -0.15) is 0 Å². The third-order valence-corrected chi connectivity index (χ3v) is 2.39. The number of Topliss-reactive ketones (excluding diaryl/α,β-unsaturated/α-hetero) is 1. The van der Waals surface area contributed by atoms with Gasteiger partial charge in [0.25, 0.3) is 0 Å². The number of hydrogen-bond donors (Lipinski definition) is 0. The summed E-state index contributed by atoms with van der Waals surface area (Å²) in [5.41, 5.74) is 0. The SMILES string of the molecule is COC(=O)CC(=O)C1CCC(C(=O)OC)O1. The summed E-state index contributed by atoms with van der Waals surface area (Å²) >= 11 is 0. The minimum atomic E-state index is -0.705. The lowest BCUT2D eigenvalue weighted by molar-refractivity contribution is -0.155. The second kappa shape index (κ2) is 5.60. The number of rotatable bonds is 4. The maximum atomic E-state index is 11.5. The largest absolute Gasteiger partial charge is 0.469 e. The van der Waals surface area contributed by atoms with Gasteiger partial charge < -0.3 is 14.2 Å². The fraction of sp³-hybridized carbons (Fsp3) is 0.700. The molecule has 2 unspecified atom stereocenters. The van der Waals surface area contributed by atoms with Crippen molar-refractivity contribution in [1.29, 1.82) is 0 Å². The van der Waals surface area contributed by atoms with Crippen molar-refractivity contribution in [2.75, 3.05) is 14.2 Å². The van der Waals surface area contributed by atoms with Crippen molar-refractivity contribution in [1.82, 2.24) is 0 Å². The average Bonchev–Trinajstić information content (AvgIpc) is 2.77. The molecule has 90 valence electrons. The first kappa shape index (κ1) is 12.6. The monoisotopic (exact) mass is 230 g/mol. The summed E-state index contributed by atoms with van der Waals surface area (Å²) in [6.45, 7) is 0. The molecule has 1 rings (SSSR count). The Bertz CT molecular complexity index is 298. The molecule has 2 atom stereocenters. The molecule has 1 fully saturated rings. The van der Waals surface area contributed by atoms with Crippen LogP contribution in [0.3, 0.4) is 0 Å². The van der Waals surface area contributed by atoms with E-state index < -0.39 is 24.1 Å². The summed E-state index contributed by atoms with van der Waals surface area (Å²) in [7, 11) is 2.47. The van der Waals surface area contributed by atoms with Crippen LogP contribution in [0.5, 0.6) is 0 Å². The fourth-order valence-electron chi connectivity index (χ4n) is 1.51. The highest BCUT2D eigenvalue weighted by Crippen LogP contribution is 2.22. The molecule has 0 amide bonds. The molecule has 0 aliphatic carbocycles. The highest BCUT2D eigenvalue weighted by molar-refractivity contribution is 5.98. The minimum Gasteiger partial charge on any atom is -0.469 e. The molecular formula is C10H14O6. The smallest absolute Gasteiger partial charge is 0.335 e. The molecular weight excluding hydrogens is 216 g/mol. The normalized spacial score (nSPS) is 23.9. The number of ketones is 1. The minimum absolute atomic E-state index is 0.324. The average molecular weight is 230 g/mol. The summed E-state index contributed by atoms with van der Waals surface area (Å²) in [6, 6.07) is 0. The molecule has 16 heavy (non-hydrogen) atoms. The zero-order valence-corrected chi connectivity index (χ0v) is 9.23. The summed E-state index contributed by atoms with van der Waals surface area (Å²) in [6.07, 6.45) is -0.866. The van der Waals surface area contributed by atoms with Gasteiger partial charge in [0.05, 0.1) is 14.2 Å². The predicted molar refractivity (Wildman–Crippen MR) is 51.6 cm³/mol. The number of carbonyl (C=O) groups is 3. The topological polar surface area (TPSA) is 78.9 Å². The molecule has 1 heterocycles. The first-order valence-corrected chi connectivity index (χ1v) is 4.91. The molecule has 1 aliphatic rings. The molecule has 1 aliphatic heterocycles. The lowest BCUT2D eigenvalue weighted by Gasteiger charge is -2.10. The highest BCUT2D eigenvalue weighted by atomic mass is 16.6. The molecule has 0 N–H and O–H groups in total. The number of ether oxygens (including phenoxy) is 3. The van der Waals surface area contributed by atoms with Crippen molar-refractivity contribution < 1.29 is 28.6 Å². The lowest BCUT2D eigenvalue weighted by Crippen LogP contribution is -2.27. The highest BCUT2D eigenvalue weighted by Gasteiger charge is 2.35. The predicted octanol–water partition coefficient (Wildman–Crippen LogP) is -0.161. The van der Waals surface area contributed by atoms with E-state index in [-0.39, 0.29) is 12.2 Å². The molecule has 0 aromatic rings. The van der Waals surface area contributed by atoms with Crippen LogP contribution in [0, 0.1) is 0 Å². The molecule has 0 spiro atoms. The Morgan fingerprint density at radius 3 is 2.31 bits per heavy atom. The number of carbonyl (C=O) groups excluding carboxylic acids is 3. The van der Waals surface area contributed by atoms with Crippen LogP contribution in [-0.2, 0) is 28.6 Å². The van der Waals surface area contributed by atoms with Crippen molar-refractivity contribution in [2.24, 2.45) is 0 Å². The zero-order valence-electron chi connectivity index (χ0n) is 9.23. The van der Waals surface area contributed by atoms with Gasteiger partial charge in [0.1, 0.15) is 12.5 Å². The van der Waals surface area contributed by atoms with Gasteiger partial charge >= 0.3 is 11.9 Å². The molecule has 6 heteroatoms. The van der Waals surface area contributed by atoms with Gasteiger partial charge in [-0.05, 0) is 12.8 Å². The van der Waals surface area contributed by atoms with E-state index in [1.807, 2.05) is 0 Å². The van der Waals surface area contributed by atoms with E-state index in [1.54, 1.807) is 0 Å². The van der Waals surface area contributed by atoms with E-state index in [0.29, 0.717) is 12.8 Å². The van der Waals surface area contributed by atoms with Crippen LogP contribution >= 0.6 is 0 Å². The Balaban J connectivity index is 2.43. The van der Waals surface area contributed by atoms with Gasteiger partial charge in [-0.1, -0.05) is 0 Å². The summed E-state index contributed by atoms with van der Waals surface area (Å²) < 4.78 is 14.1. The van der Waals surface area contributed by atoms with Crippen LogP contribution in [-0.4, -0.2) is 44.1 Å². The summed E-state index contributed by atoms with van der Waals surface area (Å²) in [4.78, 5) is 33.5. The second-order valence-electron chi connectivity index (χ2n) is 3.43. The zero-order chi connectivity index (χ0) is 12.1. The van der Waals surface area contributed by atoms with E-state index in [1.165, 1.54) is 14.2 Å². The van der Waals surface area contributed by atoms with Gasteiger partial charge in [0.2, 0.25) is 0 Å². The summed E-state index contributed by atoms with van der Waals surface area (Å²) in [5, 5.41) is 0. The van der Waals surface area contributed by atoms with Gasteiger partial charge in [0, 0.05) is 0 Å². The van der Waals surface area contributed by atoms with Crippen LogP contribution in [0.4, 0.5) is 0 Å². The first-order chi connectivity index (χ1) is 7.58. The number of methoxy groups -OCH3 is 2. The van der Waals surface area contributed by atoms with Crippen LogP contribution < -0.4 is 0 Å². The Kier molecular flexibility index (Phi) is 4.42.